The predicted octanol–water partition coefficient (Wildman–Crippen LogP) is 5.10. The van der Waals surface area contributed by atoms with Gasteiger partial charge in [0.05, 0.1) is 17.6 Å². The number of hydrogen-bond donors (Lipinski definition) is 4. The van der Waals surface area contributed by atoms with Crippen LogP contribution in [0, 0.1) is 0 Å². The van der Waals surface area contributed by atoms with Gasteiger partial charge in [0.1, 0.15) is 5.84 Å². The van der Waals surface area contributed by atoms with Crippen molar-refractivity contribution in [2.45, 2.75) is 59.0 Å². The van der Waals surface area contributed by atoms with Crippen molar-refractivity contribution in [1.29, 1.82) is 0 Å². The Morgan fingerprint density at radius 2 is 1.77 bits per heavy atom. The van der Waals surface area contributed by atoms with Crippen LogP contribution in [0.5, 0.6) is 0 Å². The van der Waals surface area contributed by atoms with E-state index in [4.69, 9.17) is 11.5 Å². The molecule has 0 aliphatic carbocycles. The molecule has 6 N–H and O–H groups in total. The molecule has 1 aromatic heterocycles. The van der Waals surface area contributed by atoms with Gasteiger partial charge in [-0.05, 0) is 49.1 Å². The first-order valence-electron chi connectivity index (χ1n) is 14.9. The van der Waals surface area contributed by atoms with Gasteiger partial charge >= 0.3 is 0 Å². The minimum absolute atomic E-state index is 0.162. The summed E-state index contributed by atoms with van der Waals surface area (Å²) in [5.41, 5.74) is 17.4. The van der Waals surface area contributed by atoms with Gasteiger partial charge in [-0.3, -0.25) is 19.4 Å². The van der Waals surface area contributed by atoms with Crippen molar-refractivity contribution in [2.24, 2.45) is 16.5 Å². The van der Waals surface area contributed by atoms with Crippen LogP contribution in [0.15, 0.2) is 77.6 Å². The molecule has 0 radical (unpaired) electrons. The van der Waals surface area contributed by atoms with Crippen molar-refractivity contribution >= 4 is 41.5 Å². The summed E-state index contributed by atoms with van der Waals surface area (Å²) in [6.45, 7) is 8.22. The highest BCUT2D eigenvalue weighted by Gasteiger charge is 2.14. The Labute approximate surface area is 259 Å². The Morgan fingerprint density at radius 1 is 1.05 bits per heavy atom. The van der Waals surface area contributed by atoms with E-state index in [9.17, 15) is 14.4 Å². The normalized spacial score (nSPS) is 12.6. The Kier molecular flexibility index (Phi) is 13.3. The quantitative estimate of drug-likeness (QED) is 0.213. The van der Waals surface area contributed by atoms with Gasteiger partial charge in [0.15, 0.2) is 0 Å². The van der Waals surface area contributed by atoms with E-state index in [1.165, 1.54) is 0 Å². The third kappa shape index (κ3) is 10.8. The average Bonchev–Trinajstić information content (AvgIpc) is 3.16. The highest BCUT2D eigenvalue weighted by Crippen LogP contribution is 2.27. The summed E-state index contributed by atoms with van der Waals surface area (Å²) in [4.78, 5) is 45.8. The van der Waals surface area contributed by atoms with Gasteiger partial charge in [0.25, 0.3) is 5.91 Å². The minimum Gasteiger partial charge on any atom is -0.387 e. The lowest BCUT2D eigenvalue weighted by Gasteiger charge is -2.13. The predicted molar refractivity (Wildman–Crippen MR) is 176 cm³/mol. The lowest BCUT2D eigenvalue weighted by atomic mass is 10.0. The fourth-order valence-corrected chi connectivity index (χ4v) is 4.64. The zero-order valence-corrected chi connectivity index (χ0v) is 25.8. The molecule has 0 saturated heterocycles. The lowest BCUT2D eigenvalue weighted by Crippen LogP contribution is -2.27. The molecule has 1 atom stereocenters. The van der Waals surface area contributed by atoms with Crippen molar-refractivity contribution in [1.82, 2.24) is 15.2 Å². The van der Waals surface area contributed by atoms with Crippen LogP contribution < -0.4 is 22.1 Å². The number of aromatic nitrogens is 1. The Bertz CT molecular complexity index is 1460. The Morgan fingerprint density at radius 3 is 2.45 bits per heavy atom. The zero-order valence-electron chi connectivity index (χ0n) is 25.8. The first-order valence-corrected chi connectivity index (χ1v) is 14.9. The molecule has 0 saturated carbocycles. The van der Waals surface area contributed by atoms with Gasteiger partial charge in [-0.15, -0.1) is 0 Å². The second-order valence-corrected chi connectivity index (χ2v) is 10.7. The number of nitrogens with one attached hydrogen (secondary N) is 2. The number of rotatable bonds is 12. The van der Waals surface area contributed by atoms with Crippen LogP contribution in [0.1, 0.15) is 79.5 Å². The molecular formula is C34H43N7O3. The van der Waals surface area contributed by atoms with E-state index < -0.39 is 0 Å². The fourth-order valence-electron chi connectivity index (χ4n) is 4.64. The molecule has 1 aliphatic rings. The van der Waals surface area contributed by atoms with E-state index in [-0.39, 0.29) is 30.8 Å². The SMILES string of the molecule is CC1=Cc2ccc(C(=O)Nc3cncc(CNC(=O)CC(N)c4ccccc4)c3)cc2N=C(N)C1.CCCN(C=O)CCC. The second-order valence-electron chi connectivity index (χ2n) is 10.7. The van der Waals surface area contributed by atoms with Gasteiger partial charge in [0.2, 0.25) is 12.3 Å². The number of amides is 3. The summed E-state index contributed by atoms with van der Waals surface area (Å²) in [7, 11) is 0. The van der Waals surface area contributed by atoms with Crippen LogP contribution in [0.3, 0.4) is 0 Å². The van der Waals surface area contributed by atoms with E-state index in [0.717, 1.165) is 54.6 Å². The van der Waals surface area contributed by atoms with Crippen LogP contribution >= 0.6 is 0 Å². The van der Waals surface area contributed by atoms with Crippen LogP contribution in [-0.2, 0) is 16.1 Å². The first-order chi connectivity index (χ1) is 21.2. The first kappa shape index (κ1) is 33.7. The van der Waals surface area contributed by atoms with Crippen molar-refractivity contribution in [2.75, 3.05) is 18.4 Å². The summed E-state index contributed by atoms with van der Waals surface area (Å²) in [6, 6.07) is 16.2. The molecule has 10 heteroatoms. The minimum atomic E-state index is -0.375. The number of aliphatic imine (C=N–C) groups is 1. The summed E-state index contributed by atoms with van der Waals surface area (Å²) in [5, 5.41) is 5.71. The maximum Gasteiger partial charge on any atom is 0.255 e. The number of hydrogen-bond acceptors (Lipinski definition) is 7. The summed E-state index contributed by atoms with van der Waals surface area (Å²) in [5.74, 6) is 0.0620. The topological polar surface area (TPSA) is 156 Å². The number of anilines is 1. The van der Waals surface area contributed by atoms with Gasteiger partial charge in [-0.1, -0.05) is 61.9 Å². The summed E-state index contributed by atoms with van der Waals surface area (Å²) in [6.07, 6.45) is 9.03. The second kappa shape index (κ2) is 17.3. The van der Waals surface area contributed by atoms with Gasteiger partial charge in [-0.2, -0.15) is 0 Å². The van der Waals surface area contributed by atoms with E-state index in [1.807, 2.05) is 49.4 Å². The molecule has 0 spiro atoms. The van der Waals surface area contributed by atoms with Crippen molar-refractivity contribution < 1.29 is 14.4 Å². The number of carbonyl (C=O) groups is 3. The summed E-state index contributed by atoms with van der Waals surface area (Å²) < 4.78 is 0. The molecule has 0 bridgehead atoms. The molecule has 3 aromatic rings. The van der Waals surface area contributed by atoms with Gasteiger partial charge in [-0.25, -0.2) is 4.99 Å². The third-order valence-electron chi connectivity index (χ3n) is 6.76. The highest BCUT2D eigenvalue weighted by molar-refractivity contribution is 6.05. The summed E-state index contributed by atoms with van der Waals surface area (Å²) >= 11 is 0. The molecule has 44 heavy (non-hydrogen) atoms. The number of carbonyl (C=O) groups excluding carboxylic acids is 3. The van der Waals surface area contributed by atoms with Crippen LogP contribution in [0.25, 0.3) is 6.08 Å². The van der Waals surface area contributed by atoms with Gasteiger partial charge < -0.3 is 27.0 Å². The average molecular weight is 598 g/mol. The molecule has 232 valence electrons. The molecule has 1 unspecified atom stereocenters. The van der Waals surface area contributed by atoms with E-state index in [1.54, 1.807) is 35.5 Å². The Balaban J connectivity index is 0.000000512. The molecule has 3 amide bonds. The maximum absolute atomic E-state index is 12.8. The smallest absolute Gasteiger partial charge is 0.255 e. The molecule has 2 heterocycles. The van der Waals surface area contributed by atoms with E-state index in [2.05, 4.69) is 34.5 Å². The number of nitrogens with two attached hydrogens (primary N) is 2. The Hall–Kier alpha value is -4.83. The highest BCUT2D eigenvalue weighted by atomic mass is 16.2. The number of amidine groups is 1. The van der Waals surface area contributed by atoms with Crippen molar-refractivity contribution in [3.8, 4) is 0 Å². The van der Waals surface area contributed by atoms with E-state index >= 15 is 0 Å². The van der Waals surface area contributed by atoms with Crippen molar-refractivity contribution in [3.05, 3.63) is 94.8 Å². The number of fused-ring (bicyclic) bond motifs is 1. The molecular weight excluding hydrogens is 554 g/mol. The maximum atomic E-state index is 12.8. The van der Waals surface area contributed by atoms with Crippen molar-refractivity contribution in [3.63, 3.8) is 0 Å². The van der Waals surface area contributed by atoms with Crippen LogP contribution in [0.2, 0.25) is 0 Å². The third-order valence-corrected chi connectivity index (χ3v) is 6.76. The fraction of sp³-hybridized carbons (Fsp3) is 0.324. The van der Waals surface area contributed by atoms with E-state index in [0.29, 0.717) is 29.2 Å². The molecule has 0 fully saturated rings. The lowest BCUT2D eigenvalue weighted by molar-refractivity contribution is -0.121. The molecule has 10 nitrogen and oxygen atoms in total. The number of benzene rings is 2. The number of pyridine rings is 1. The number of nitrogens with zero attached hydrogens (tertiary/aromatic N) is 3. The molecule has 2 aromatic carbocycles. The molecule has 4 rings (SSSR count). The standard InChI is InChI=1S/C27H28N6O2.C7H15NO/c1-17-9-20-7-8-21(12-24(20)33-25(29)10-17)27(35)32-22-11-18(14-30-16-22)15-31-26(34)13-23(28)19-5-3-2-4-6-19;1-3-5-8(7-9)6-4-2/h2-9,11-12,14,16,23H,10,13,15,28H2,1H3,(H2,29,33)(H,31,34)(H,32,35);7H,3-6H2,1-2H3. The monoisotopic (exact) mass is 597 g/mol. The van der Waals surface area contributed by atoms with Crippen LogP contribution in [-0.4, -0.2) is 47.0 Å². The largest absolute Gasteiger partial charge is 0.387 e. The molecule has 1 aliphatic heterocycles. The van der Waals surface area contributed by atoms with Gasteiger partial charge in [0, 0.05) is 55.8 Å². The van der Waals surface area contributed by atoms with Crippen LogP contribution in [0.4, 0.5) is 11.4 Å². The zero-order chi connectivity index (χ0) is 31.9.